The Morgan fingerprint density at radius 1 is 1.24 bits per heavy atom. The van der Waals surface area contributed by atoms with Gasteiger partial charge in [-0.05, 0) is 65.2 Å². The molecule has 0 amide bonds. The largest absolute Gasteiger partial charge is 0.459 e. The summed E-state index contributed by atoms with van der Waals surface area (Å²) in [4.78, 5) is 21.6. The Balaban J connectivity index is 2.04. The highest BCUT2D eigenvalue weighted by molar-refractivity contribution is 7.71. The van der Waals surface area contributed by atoms with Gasteiger partial charge in [0.1, 0.15) is 6.61 Å². The van der Waals surface area contributed by atoms with Gasteiger partial charge in [-0.2, -0.15) is 4.98 Å². The van der Waals surface area contributed by atoms with Gasteiger partial charge in [0.05, 0.1) is 21.9 Å². The first kappa shape index (κ1) is 31.5. The van der Waals surface area contributed by atoms with Gasteiger partial charge >= 0.3 is 6.01 Å². The molecule has 0 radical (unpaired) electrons. The number of aryl methyl sites for hydroxylation is 1. The van der Waals surface area contributed by atoms with E-state index in [9.17, 15) is 0 Å². The number of aromatic amines is 1. The SMILES string of the molecule is CC=C(C=C(CC)CN(C)CCN(CC)CC)COc1nccc(C(C=Nc2c(C)[nH]ccc2=S)NC)n1. The molecular weight excluding hydrogens is 494 g/mol. The van der Waals surface area contributed by atoms with Crippen LogP contribution in [0.5, 0.6) is 6.01 Å². The van der Waals surface area contributed by atoms with Crippen LogP contribution in [0.25, 0.3) is 0 Å². The third-order valence-electron chi connectivity index (χ3n) is 6.51. The molecule has 208 valence electrons. The zero-order valence-electron chi connectivity index (χ0n) is 24.1. The molecular formula is C29H45N7OS. The number of hydrogen-bond donors (Lipinski definition) is 2. The van der Waals surface area contributed by atoms with Gasteiger partial charge in [0, 0.05) is 43.9 Å². The number of H-pyrrole nitrogens is 1. The van der Waals surface area contributed by atoms with Gasteiger partial charge in [-0.15, -0.1) is 0 Å². The maximum Gasteiger partial charge on any atom is 0.316 e. The van der Waals surface area contributed by atoms with Crippen molar-refractivity contribution in [2.24, 2.45) is 4.99 Å². The van der Waals surface area contributed by atoms with Crippen molar-refractivity contribution in [3.05, 3.63) is 63.7 Å². The number of hydrogen-bond acceptors (Lipinski definition) is 8. The molecule has 0 aliphatic carbocycles. The minimum atomic E-state index is -0.214. The van der Waals surface area contributed by atoms with Gasteiger partial charge in [-0.3, -0.25) is 4.99 Å². The molecule has 0 spiro atoms. The lowest BCUT2D eigenvalue weighted by Crippen LogP contribution is -2.34. The average molecular weight is 540 g/mol. The molecule has 0 fully saturated rings. The van der Waals surface area contributed by atoms with Gasteiger partial charge in [-0.1, -0.05) is 50.7 Å². The summed E-state index contributed by atoms with van der Waals surface area (Å²) in [5.74, 6) is 0. The van der Waals surface area contributed by atoms with Crippen molar-refractivity contribution in [2.75, 3.05) is 53.4 Å². The Bertz CT molecular complexity index is 1140. The molecule has 0 aliphatic rings. The van der Waals surface area contributed by atoms with Crippen molar-refractivity contribution < 1.29 is 4.74 Å². The van der Waals surface area contributed by atoms with Crippen molar-refractivity contribution in [2.45, 2.75) is 47.1 Å². The van der Waals surface area contributed by atoms with Crippen molar-refractivity contribution in [1.29, 1.82) is 0 Å². The number of aliphatic imine (C=N–C) groups is 1. The number of pyridine rings is 1. The highest BCUT2D eigenvalue weighted by Gasteiger charge is 2.12. The van der Waals surface area contributed by atoms with Crippen molar-refractivity contribution in [3.63, 3.8) is 0 Å². The van der Waals surface area contributed by atoms with Crippen LogP contribution in [0.2, 0.25) is 0 Å². The third kappa shape index (κ3) is 10.2. The summed E-state index contributed by atoms with van der Waals surface area (Å²) >= 11 is 5.42. The quantitative estimate of drug-likeness (QED) is 0.167. The minimum absolute atomic E-state index is 0.214. The van der Waals surface area contributed by atoms with E-state index in [0.717, 1.165) is 61.8 Å². The molecule has 2 aromatic rings. The number of allylic oxidation sites excluding steroid dienone is 1. The molecule has 2 N–H and O–H groups in total. The summed E-state index contributed by atoms with van der Waals surface area (Å²) < 4.78 is 6.71. The molecule has 0 bridgehead atoms. The molecule has 0 aromatic carbocycles. The summed E-state index contributed by atoms with van der Waals surface area (Å²) in [6.07, 6.45) is 10.7. The summed E-state index contributed by atoms with van der Waals surface area (Å²) in [6.45, 7) is 16.3. The lowest BCUT2D eigenvalue weighted by Gasteiger charge is -2.24. The Labute approximate surface area is 234 Å². The van der Waals surface area contributed by atoms with E-state index in [2.05, 4.69) is 75.0 Å². The van der Waals surface area contributed by atoms with Gasteiger partial charge < -0.3 is 24.8 Å². The number of aromatic nitrogens is 3. The van der Waals surface area contributed by atoms with E-state index in [0.29, 0.717) is 17.1 Å². The fourth-order valence-corrected chi connectivity index (χ4v) is 4.21. The normalized spacial score (nSPS) is 13.6. The zero-order valence-corrected chi connectivity index (χ0v) is 24.9. The predicted octanol–water partition coefficient (Wildman–Crippen LogP) is 5.44. The molecule has 0 aliphatic heterocycles. The smallest absolute Gasteiger partial charge is 0.316 e. The topological polar surface area (TPSA) is 81.7 Å². The Kier molecular flexibility index (Phi) is 14.1. The van der Waals surface area contributed by atoms with Crippen LogP contribution in [-0.2, 0) is 0 Å². The summed E-state index contributed by atoms with van der Waals surface area (Å²) in [7, 11) is 4.05. The fraction of sp³-hybridized carbons (Fsp3) is 0.517. The van der Waals surface area contributed by atoms with Crippen LogP contribution in [0.4, 0.5) is 5.69 Å². The molecule has 1 unspecified atom stereocenters. The fourth-order valence-electron chi connectivity index (χ4n) is 3.94. The van der Waals surface area contributed by atoms with E-state index in [4.69, 9.17) is 17.0 Å². The summed E-state index contributed by atoms with van der Waals surface area (Å²) in [5, 5.41) is 3.24. The molecule has 2 heterocycles. The Hall–Kier alpha value is -2.72. The van der Waals surface area contributed by atoms with E-state index in [1.54, 1.807) is 6.20 Å². The van der Waals surface area contributed by atoms with Crippen LogP contribution in [0.1, 0.15) is 51.5 Å². The second kappa shape index (κ2) is 17.0. The van der Waals surface area contributed by atoms with Crippen LogP contribution in [0.3, 0.4) is 0 Å². The van der Waals surface area contributed by atoms with Crippen LogP contribution in [0.15, 0.2) is 52.8 Å². The number of likely N-dealkylation sites (N-methyl/N-ethyl adjacent to an activating group) is 2. The minimum Gasteiger partial charge on any atom is -0.459 e. The lowest BCUT2D eigenvalue weighted by molar-refractivity contribution is 0.248. The van der Waals surface area contributed by atoms with Crippen molar-refractivity contribution >= 4 is 24.1 Å². The average Bonchev–Trinajstić information content (AvgIpc) is 2.92. The molecule has 38 heavy (non-hydrogen) atoms. The molecule has 2 aromatic heterocycles. The molecule has 0 saturated heterocycles. The van der Waals surface area contributed by atoms with Crippen LogP contribution in [-0.4, -0.2) is 84.4 Å². The van der Waals surface area contributed by atoms with Gasteiger partial charge in [0.25, 0.3) is 0 Å². The second-order valence-corrected chi connectivity index (χ2v) is 9.64. The van der Waals surface area contributed by atoms with Crippen LogP contribution < -0.4 is 10.1 Å². The maximum absolute atomic E-state index is 6.00. The first-order valence-electron chi connectivity index (χ1n) is 13.5. The van der Waals surface area contributed by atoms with Crippen molar-refractivity contribution in [3.8, 4) is 6.01 Å². The summed E-state index contributed by atoms with van der Waals surface area (Å²) in [5.41, 5.74) is 4.92. The standard InChI is InChI=1S/C29H45N7OS/c1-8-23(20-35(7)16-17-36(10-3)11-4)18-24(9-2)21-37-29-32-14-12-25(34-29)26(30-6)19-33-28-22(5)31-15-13-27(28)38/h9,12-15,18-19,26,30H,8,10-11,16-17,20-21H2,1-7H3,(H,31,38). The van der Waals surface area contributed by atoms with Crippen LogP contribution >= 0.6 is 12.2 Å². The molecule has 8 nitrogen and oxygen atoms in total. The Morgan fingerprint density at radius 3 is 2.63 bits per heavy atom. The Morgan fingerprint density at radius 2 is 2.00 bits per heavy atom. The molecule has 2 rings (SSSR count). The predicted molar refractivity (Wildman–Crippen MR) is 161 cm³/mol. The van der Waals surface area contributed by atoms with E-state index < -0.39 is 0 Å². The van der Waals surface area contributed by atoms with Gasteiger partial charge in [0.15, 0.2) is 0 Å². The monoisotopic (exact) mass is 539 g/mol. The van der Waals surface area contributed by atoms with E-state index in [1.165, 1.54) is 5.57 Å². The number of nitrogens with one attached hydrogen (secondary N) is 2. The van der Waals surface area contributed by atoms with E-state index >= 15 is 0 Å². The lowest BCUT2D eigenvalue weighted by atomic mass is 10.1. The number of nitrogens with zero attached hydrogens (tertiary/aromatic N) is 5. The molecule has 9 heteroatoms. The number of rotatable bonds is 16. The van der Waals surface area contributed by atoms with Crippen LogP contribution in [0, 0.1) is 11.4 Å². The molecule has 0 saturated carbocycles. The summed E-state index contributed by atoms with van der Waals surface area (Å²) in [6, 6.07) is 3.82. The maximum atomic E-state index is 6.00. The van der Waals surface area contributed by atoms with Crippen molar-refractivity contribution in [1.82, 2.24) is 30.1 Å². The third-order valence-corrected chi connectivity index (χ3v) is 6.84. The van der Waals surface area contributed by atoms with E-state index in [-0.39, 0.29) is 6.04 Å². The highest BCUT2D eigenvalue weighted by Crippen LogP contribution is 2.19. The second-order valence-electron chi connectivity index (χ2n) is 9.20. The van der Waals surface area contributed by atoms with E-state index in [1.807, 2.05) is 45.4 Å². The first-order chi connectivity index (χ1) is 18.3. The van der Waals surface area contributed by atoms with Gasteiger partial charge in [-0.25, -0.2) is 4.98 Å². The molecule has 1 atom stereocenters. The first-order valence-corrected chi connectivity index (χ1v) is 13.9. The highest BCUT2D eigenvalue weighted by atomic mass is 32.1. The number of ether oxygens (including phenoxy) is 1. The van der Waals surface area contributed by atoms with Gasteiger partial charge in [0.2, 0.25) is 0 Å². The zero-order chi connectivity index (χ0) is 27.9.